The highest BCUT2D eigenvalue weighted by molar-refractivity contribution is 5.65. The Balaban J connectivity index is 0.000000659. The maximum atomic E-state index is 8.58. The van der Waals surface area contributed by atoms with E-state index < -0.39 is 0 Å². The van der Waals surface area contributed by atoms with Gasteiger partial charge in [0.05, 0.1) is 5.69 Å². The van der Waals surface area contributed by atoms with Crippen LogP contribution in [0.2, 0.25) is 0 Å². The first-order valence-corrected chi connectivity index (χ1v) is 8.52. The van der Waals surface area contributed by atoms with Gasteiger partial charge in [-0.15, -0.1) is 5.10 Å². The second-order valence-corrected chi connectivity index (χ2v) is 6.11. The molecule has 3 N–H and O–H groups in total. The Morgan fingerprint density at radius 1 is 0.963 bits per heavy atom. The molecule has 6 heteroatoms. The van der Waals surface area contributed by atoms with Crippen LogP contribution in [0.3, 0.4) is 0 Å². The Morgan fingerprint density at radius 3 is 2.37 bits per heavy atom. The predicted molar refractivity (Wildman–Crippen MR) is 108 cm³/mol. The molecule has 0 unspecified atom stereocenters. The molecule has 0 aliphatic carbocycles. The minimum absolute atomic E-state index is 0.250. The van der Waals surface area contributed by atoms with Crippen LogP contribution in [-0.4, -0.2) is 21.0 Å². The van der Waals surface area contributed by atoms with Crippen LogP contribution in [0.25, 0.3) is 16.9 Å². The summed E-state index contributed by atoms with van der Waals surface area (Å²) in [6.07, 6.45) is 0.250. The van der Waals surface area contributed by atoms with Gasteiger partial charge >= 0.3 is 0 Å². The Labute approximate surface area is 157 Å². The zero-order valence-electron chi connectivity index (χ0n) is 15.3. The van der Waals surface area contributed by atoms with Crippen molar-refractivity contribution in [2.45, 2.75) is 13.8 Å². The number of nitrogens with two attached hydrogens (primary N) is 1. The molecule has 2 aromatic heterocycles. The largest absolute Gasteiger partial charge is 0.372 e. The van der Waals surface area contributed by atoms with E-state index in [0.29, 0.717) is 5.95 Å². The van der Waals surface area contributed by atoms with Crippen molar-refractivity contribution in [2.75, 3.05) is 5.32 Å². The normalized spacial score (nSPS) is 10.1. The Hall–Kier alpha value is -3.67. The minimum Gasteiger partial charge on any atom is -0.372 e. The highest BCUT2D eigenvalue weighted by Crippen LogP contribution is 2.22. The molecular weight excluding hydrogens is 338 g/mol. The molecule has 6 nitrogen and oxygen atoms in total. The zero-order chi connectivity index (χ0) is 19.2. The van der Waals surface area contributed by atoms with Crippen molar-refractivity contribution in [3.8, 4) is 11.3 Å². The summed E-state index contributed by atoms with van der Waals surface area (Å²) in [5.41, 5.74) is 10.6. The monoisotopic (exact) mass is 359 g/mol. The van der Waals surface area contributed by atoms with Crippen LogP contribution in [0, 0.1) is 13.8 Å². The van der Waals surface area contributed by atoms with Gasteiger partial charge in [-0.3, -0.25) is 4.79 Å². The lowest BCUT2D eigenvalue weighted by atomic mass is 10.1. The Kier molecular flexibility index (Phi) is 5.47. The minimum atomic E-state index is 0.250. The standard InChI is InChI=1S/C20H18N4.CH3NO/c1-14-9-11-17(12-10-14)21-20-22-19-8-4-7-18(24(19)23-20)16-6-3-5-15(2)13-16;2-1-3/h3-13H,1-2H3,(H,21,23);1H,(H2,2,3). The maximum absolute atomic E-state index is 8.58. The van der Waals surface area contributed by atoms with Gasteiger partial charge in [-0.05, 0) is 44.2 Å². The molecular formula is C21H21N5O. The van der Waals surface area contributed by atoms with Crippen molar-refractivity contribution in [3.63, 3.8) is 0 Å². The van der Waals surface area contributed by atoms with E-state index in [0.717, 1.165) is 22.6 Å². The third-order valence-corrected chi connectivity index (χ3v) is 3.98. The lowest BCUT2D eigenvalue weighted by Crippen LogP contribution is -1.96. The van der Waals surface area contributed by atoms with Crippen molar-refractivity contribution in [3.05, 3.63) is 77.9 Å². The smallest absolute Gasteiger partial charge is 0.247 e. The van der Waals surface area contributed by atoms with Crippen LogP contribution in [-0.2, 0) is 4.79 Å². The van der Waals surface area contributed by atoms with Crippen LogP contribution < -0.4 is 11.1 Å². The van der Waals surface area contributed by atoms with Crippen molar-refractivity contribution in [2.24, 2.45) is 5.73 Å². The van der Waals surface area contributed by atoms with E-state index in [9.17, 15) is 0 Å². The van der Waals surface area contributed by atoms with Gasteiger partial charge in [0.2, 0.25) is 12.4 Å². The number of benzene rings is 2. The summed E-state index contributed by atoms with van der Waals surface area (Å²) in [4.78, 5) is 13.2. The number of carbonyl (C=O) groups excluding carboxylic acids is 1. The number of fused-ring (bicyclic) bond motifs is 1. The number of nitrogens with zero attached hydrogens (tertiary/aromatic N) is 3. The Morgan fingerprint density at radius 2 is 1.67 bits per heavy atom. The number of pyridine rings is 1. The summed E-state index contributed by atoms with van der Waals surface area (Å²) in [5, 5.41) is 7.90. The van der Waals surface area contributed by atoms with Gasteiger partial charge in [0.15, 0.2) is 5.65 Å². The molecule has 136 valence electrons. The topological polar surface area (TPSA) is 85.3 Å². The number of primary amides is 1. The number of hydrogen-bond acceptors (Lipinski definition) is 4. The van der Waals surface area contributed by atoms with Crippen LogP contribution in [0.1, 0.15) is 11.1 Å². The van der Waals surface area contributed by atoms with Gasteiger partial charge in [0, 0.05) is 11.3 Å². The van der Waals surface area contributed by atoms with E-state index in [-0.39, 0.29) is 6.41 Å². The molecule has 0 radical (unpaired) electrons. The molecule has 0 saturated heterocycles. The number of carbonyl (C=O) groups is 1. The average Bonchev–Trinajstić information content (AvgIpc) is 3.06. The summed E-state index contributed by atoms with van der Waals surface area (Å²) < 4.78 is 1.88. The fraction of sp³-hybridized carbons (Fsp3) is 0.0952. The molecule has 27 heavy (non-hydrogen) atoms. The van der Waals surface area contributed by atoms with Crippen molar-refractivity contribution in [1.29, 1.82) is 0 Å². The summed E-state index contributed by atoms with van der Waals surface area (Å²) >= 11 is 0. The second kappa shape index (κ2) is 8.14. The first kappa shape index (κ1) is 18.1. The zero-order valence-corrected chi connectivity index (χ0v) is 15.3. The number of nitrogens with one attached hydrogen (secondary N) is 1. The molecule has 0 fully saturated rings. The number of aromatic nitrogens is 3. The first-order chi connectivity index (χ1) is 13.1. The van der Waals surface area contributed by atoms with Gasteiger partial charge < -0.3 is 11.1 Å². The highest BCUT2D eigenvalue weighted by Gasteiger charge is 2.09. The quantitative estimate of drug-likeness (QED) is 0.544. The number of hydrogen-bond donors (Lipinski definition) is 2. The van der Waals surface area contributed by atoms with Crippen molar-refractivity contribution >= 4 is 23.7 Å². The number of amides is 1. The van der Waals surface area contributed by atoms with E-state index in [1.165, 1.54) is 11.1 Å². The molecule has 0 saturated carbocycles. The summed E-state index contributed by atoms with van der Waals surface area (Å²) in [6, 6.07) is 22.6. The van der Waals surface area contributed by atoms with Gasteiger partial charge in [0.25, 0.3) is 0 Å². The lowest BCUT2D eigenvalue weighted by Gasteiger charge is -2.05. The van der Waals surface area contributed by atoms with Gasteiger partial charge in [-0.25, -0.2) is 4.52 Å². The number of aryl methyl sites for hydroxylation is 2. The summed E-state index contributed by atoms with van der Waals surface area (Å²) in [6.45, 7) is 4.16. The van der Waals surface area contributed by atoms with E-state index >= 15 is 0 Å². The van der Waals surface area contributed by atoms with E-state index in [1.54, 1.807) is 0 Å². The Bertz CT molecular complexity index is 1050. The van der Waals surface area contributed by atoms with Crippen molar-refractivity contribution in [1.82, 2.24) is 14.6 Å². The van der Waals surface area contributed by atoms with Crippen LogP contribution >= 0.6 is 0 Å². The fourth-order valence-corrected chi connectivity index (χ4v) is 2.75. The third kappa shape index (κ3) is 4.30. The SMILES string of the molecule is Cc1ccc(Nc2nc3cccc(-c4cccc(C)c4)n3n2)cc1.NC=O. The molecule has 0 aliphatic heterocycles. The molecule has 1 amide bonds. The van der Waals surface area contributed by atoms with Crippen molar-refractivity contribution < 1.29 is 4.79 Å². The first-order valence-electron chi connectivity index (χ1n) is 8.52. The van der Waals surface area contributed by atoms with Gasteiger partial charge in [-0.1, -0.05) is 47.5 Å². The molecule has 0 aliphatic rings. The fourth-order valence-electron chi connectivity index (χ4n) is 2.75. The van der Waals surface area contributed by atoms with E-state index in [4.69, 9.17) is 4.79 Å². The summed E-state index contributed by atoms with van der Waals surface area (Å²) in [5.74, 6) is 0.596. The molecule has 4 aromatic rings. The molecule has 0 bridgehead atoms. The molecule has 0 spiro atoms. The van der Waals surface area contributed by atoms with E-state index in [1.807, 2.05) is 28.8 Å². The second-order valence-electron chi connectivity index (χ2n) is 6.11. The molecule has 2 heterocycles. The third-order valence-electron chi connectivity index (χ3n) is 3.98. The predicted octanol–water partition coefficient (Wildman–Crippen LogP) is 3.86. The van der Waals surface area contributed by atoms with Gasteiger partial charge in [0.1, 0.15) is 0 Å². The molecule has 2 aromatic carbocycles. The lowest BCUT2D eigenvalue weighted by molar-refractivity contribution is -0.106. The van der Waals surface area contributed by atoms with Gasteiger partial charge in [-0.2, -0.15) is 4.98 Å². The number of anilines is 2. The molecule has 0 atom stereocenters. The van der Waals surface area contributed by atoms with Crippen LogP contribution in [0.4, 0.5) is 11.6 Å². The van der Waals surface area contributed by atoms with Crippen LogP contribution in [0.15, 0.2) is 66.7 Å². The number of rotatable bonds is 3. The van der Waals surface area contributed by atoms with Crippen LogP contribution in [0.5, 0.6) is 0 Å². The molecule has 4 rings (SSSR count). The highest BCUT2D eigenvalue weighted by atomic mass is 16.1. The average molecular weight is 359 g/mol. The van der Waals surface area contributed by atoms with E-state index in [2.05, 4.69) is 77.4 Å². The summed E-state index contributed by atoms with van der Waals surface area (Å²) in [7, 11) is 0. The maximum Gasteiger partial charge on any atom is 0.247 e.